The number of nitrogens with zero attached hydrogens (tertiary/aromatic N) is 1. The molecule has 0 aliphatic rings. The van der Waals surface area contributed by atoms with Gasteiger partial charge in [-0.25, -0.2) is 9.59 Å². The van der Waals surface area contributed by atoms with Crippen molar-refractivity contribution in [1.82, 2.24) is 4.57 Å². The molecular formula is C20H19NO5. The number of rotatable bonds is 5. The van der Waals surface area contributed by atoms with E-state index < -0.39 is 18.2 Å². The number of para-hydroxylation sites is 1. The van der Waals surface area contributed by atoms with E-state index in [9.17, 15) is 14.4 Å². The molecule has 0 aliphatic carbocycles. The minimum absolute atomic E-state index is 0.226. The maximum atomic E-state index is 12.4. The van der Waals surface area contributed by atoms with Gasteiger partial charge in [-0.05, 0) is 39.0 Å². The molecule has 2 heterocycles. The molecule has 0 unspecified atom stereocenters. The largest absolute Gasteiger partial charge is 0.453 e. The number of benzene rings is 1. The Morgan fingerprint density at radius 2 is 1.85 bits per heavy atom. The number of carbonyl (C=O) groups excluding carboxylic acids is 2. The summed E-state index contributed by atoms with van der Waals surface area (Å²) in [6.07, 6.45) is 0. The summed E-state index contributed by atoms with van der Waals surface area (Å²) >= 11 is 0. The van der Waals surface area contributed by atoms with E-state index >= 15 is 0 Å². The van der Waals surface area contributed by atoms with Gasteiger partial charge in [0.2, 0.25) is 5.78 Å². The number of carbonyl (C=O) groups is 2. The van der Waals surface area contributed by atoms with E-state index in [0.29, 0.717) is 16.5 Å². The number of fused-ring (bicyclic) bond motifs is 1. The van der Waals surface area contributed by atoms with Gasteiger partial charge in [-0.3, -0.25) is 4.79 Å². The molecule has 134 valence electrons. The van der Waals surface area contributed by atoms with Gasteiger partial charge in [0.1, 0.15) is 11.1 Å². The fourth-order valence-electron chi connectivity index (χ4n) is 3.06. The van der Waals surface area contributed by atoms with Crippen LogP contribution < -0.4 is 5.63 Å². The van der Waals surface area contributed by atoms with Crippen molar-refractivity contribution in [3.8, 4) is 0 Å². The van der Waals surface area contributed by atoms with Crippen LogP contribution in [0.25, 0.3) is 11.0 Å². The maximum Gasteiger partial charge on any atom is 0.351 e. The lowest BCUT2D eigenvalue weighted by Crippen LogP contribution is -2.20. The van der Waals surface area contributed by atoms with Gasteiger partial charge in [0.05, 0.1) is 0 Å². The van der Waals surface area contributed by atoms with Crippen LogP contribution in [0.5, 0.6) is 0 Å². The third kappa shape index (κ3) is 3.18. The minimum atomic E-state index is -0.873. The smallest absolute Gasteiger partial charge is 0.351 e. The third-order valence-electron chi connectivity index (χ3n) is 4.39. The summed E-state index contributed by atoms with van der Waals surface area (Å²) in [6, 6.07) is 10.0. The second kappa shape index (κ2) is 7.00. The van der Waals surface area contributed by atoms with E-state index in [-0.39, 0.29) is 11.3 Å². The van der Waals surface area contributed by atoms with Gasteiger partial charge in [0.25, 0.3) is 0 Å². The Morgan fingerprint density at radius 1 is 1.12 bits per heavy atom. The molecule has 26 heavy (non-hydrogen) atoms. The maximum absolute atomic E-state index is 12.4. The highest BCUT2D eigenvalue weighted by Crippen LogP contribution is 2.16. The first kappa shape index (κ1) is 17.7. The Hall–Kier alpha value is -3.15. The predicted octanol–water partition coefficient (Wildman–Crippen LogP) is 3.27. The van der Waals surface area contributed by atoms with Crippen LogP contribution in [-0.2, 0) is 11.3 Å². The van der Waals surface area contributed by atoms with Crippen molar-refractivity contribution in [3.63, 3.8) is 0 Å². The summed E-state index contributed by atoms with van der Waals surface area (Å²) < 4.78 is 12.2. The normalized spacial score (nSPS) is 10.9. The van der Waals surface area contributed by atoms with E-state index in [0.717, 1.165) is 17.9 Å². The van der Waals surface area contributed by atoms with E-state index in [1.54, 1.807) is 30.3 Å². The molecule has 0 amide bonds. The number of hydrogen-bond acceptors (Lipinski definition) is 5. The van der Waals surface area contributed by atoms with Crippen LogP contribution in [0.2, 0.25) is 0 Å². The number of esters is 1. The summed E-state index contributed by atoms with van der Waals surface area (Å²) in [5, 5.41) is 0.608. The molecule has 0 bridgehead atoms. The first-order valence-electron chi connectivity index (χ1n) is 8.32. The van der Waals surface area contributed by atoms with E-state index in [1.165, 1.54) is 6.07 Å². The average Bonchev–Trinajstić information content (AvgIpc) is 2.92. The monoisotopic (exact) mass is 353 g/mol. The van der Waals surface area contributed by atoms with E-state index in [1.807, 2.05) is 25.3 Å². The fourth-order valence-corrected chi connectivity index (χ4v) is 3.06. The highest BCUT2D eigenvalue weighted by atomic mass is 16.5. The summed E-state index contributed by atoms with van der Waals surface area (Å²) in [4.78, 5) is 36.6. The van der Waals surface area contributed by atoms with Crippen molar-refractivity contribution in [2.45, 2.75) is 27.3 Å². The van der Waals surface area contributed by atoms with E-state index in [2.05, 4.69) is 0 Å². The first-order chi connectivity index (χ1) is 12.4. The van der Waals surface area contributed by atoms with Gasteiger partial charge >= 0.3 is 11.6 Å². The standard InChI is InChI=1S/C20H19NO5/c1-4-21-12(2)9-15(13(21)3)17(22)11-25-19(23)16-10-14-7-5-6-8-18(14)26-20(16)24/h5-10H,4,11H2,1-3H3. The molecule has 1 aromatic carbocycles. The molecule has 0 fully saturated rings. The molecule has 3 aromatic rings. The van der Waals surface area contributed by atoms with Crippen LogP contribution in [-0.4, -0.2) is 22.9 Å². The van der Waals surface area contributed by atoms with E-state index in [4.69, 9.17) is 9.15 Å². The van der Waals surface area contributed by atoms with Crippen molar-refractivity contribution < 1.29 is 18.7 Å². The molecule has 6 heteroatoms. The molecule has 0 saturated carbocycles. The highest BCUT2D eigenvalue weighted by molar-refractivity contribution is 6.00. The molecular weight excluding hydrogens is 334 g/mol. The number of ether oxygens (including phenoxy) is 1. The Labute approximate surface area is 150 Å². The lowest BCUT2D eigenvalue weighted by Gasteiger charge is -2.06. The van der Waals surface area contributed by atoms with Gasteiger partial charge in [-0.2, -0.15) is 0 Å². The fraction of sp³-hybridized carbons (Fsp3) is 0.250. The molecule has 0 spiro atoms. The van der Waals surface area contributed by atoms with Crippen molar-refractivity contribution >= 4 is 22.7 Å². The molecule has 6 nitrogen and oxygen atoms in total. The van der Waals surface area contributed by atoms with Crippen molar-refractivity contribution in [3.05, 3.63) is 69.3 Å². The topological polar surface area (TPSA) is 78.5 Å². The Bertz CT molecular complexity index is 1060. The van der Waals surface area contributed by atoms with Crippen LogP contribution in [0.4, 0.5) is 0 Å². The van der Waals surface area contributed by atoms with Crippen LogP contribution in [0.1, 0.15) is 39.0 Å². The van der Waals surface area contributed by atoms with Gasteiger partial charge in [0, 0.05) is 28.9 Å². The number of ketones is 1. The molecule has 3 rings (SSSR count). The van der Waals surface area contributed by atoms with Crippen LogP contribution in [0.3, 0.4) is 0 Å². The zero-order chi connectivity index (χ0) is 18.8. The Balaban J connectivity index is 1.78. The minimum Gasteiger partial charge on any atom is -0.453 e. The van der Waals surface area contributed by atoms with Crippen molar-refractivity contribution in [1.29, 1.82) is 0 Å². The molecule has 2 aromatic heterocycles. The Kier molecular flexibility index (Phi) is 4.75. The van der Waals surface area contributed by atoms with Crippen molar-refractivity contribution in [2.24, 2.45) is 0 Å². The summed E-state index contributed by atoms with van der Waals surface area (Å²) in [7, 11) is 0. The highest BCUT2D eigenvalue weighted by Gasteiger charge is 2.19. The predicted molar refractivity (Wildman–Crippen MR) is 96.7 cm³/mol. The molecule has 0 N–H and O–H groups in total. The average molecular weight is 353 g/mol. The second-order valence-corrected chi connectivity index (χ2v) is 6.01. The summed E-state index contributed by atoms with van der Waals surface area (Å²) in [5.74, 6) is -1.18. The second-order valence-electron chi connectivity index (χ2n) is 6.01. The number of hydrogen-bond donors (Lipinski definition) is 0. The lowest BCUT2D eigenvalue weighted by atomic mass is 10.1. The van der Waals surface area contributed by atoms with Crippen LogP contribution >= 0.6 is 0 Å². The van der Waals surface area contributed by atoms with Crippen LogP contribution in [0, 0.1) is 13.8 Å². The van der Waals surface area contributed by atoms with Crippen LogP contribution in [0.15, 0.2) is 45.6 Å². The van der Waals surface area contributed by atoms with Crippen molar-refractivity contribution in [2.75, 3.05) is 6.61 Å². The SMILES string of the molecule is CCn1c(C)cc(C(=O)COC(=O)c2cc3ccccc3oc2=O)c1C. The van der Waals surface area contributed by atoms with Gasteiger partial charge in [0.15, 0.2) is 6.61 Å². The number of aromatic nitrogens is 1. The third-order valence-corrected chi connectivity index (χ3v) is 4.39. The number of aryl methyl sites for hydroxylation is 1. The molecule has 0 aliphatic heterocycles. The first-order valence-corrected chi connectivity index (χ1v) is 8.32. The molecule has 0 saturated heterocycles. The summed E-state index contributed by atoms with van der Waals surface area (Å²) in [5.41, 5.74) is 1.69. The zero-order valence-corrected chi connectivity index (χ0v) is 14.9. The van der Waals surface area contributed by atoms with Gasteiger partial charge in [-0.1, -0.05) is 18.2 Å². The molecule has 0 radical (unpaired) electrons. The van der Waals surface area contributed by atoms with Gasteiger partial charge < -0.3 is 13.7 Å². The Morgan fingerprint density at radius 3 is 2.54 bits per heavy atom. The van der Waals surface area contributed by atoms with Gasteiger partial charge in [-0.15, -0.1) is 0 Å². The lowest BCUT2D eigenvalue weighted by molar-refractivity contribution is 0.0470. The number of Topliss-reactive ketones (excluding diaryl/α,β-unsaturated/α-hetero) is 1. The zero-order valence-electron chi connectivity index (χ0n) is 14.9. The molecule has 0 atom stereocenters. The quantitative estimate of drug-likeness (QED) is 0.400. The summed E-state index contributed by atoms with van der Waals surface area (Å²) in [6.45, 7) is 6.08.